The Morgan fingerprint density at radius 3 is 2.45 bits per heavy atom. The van der Waals surface area contributed by atoms with E-state index in [4.69, 9.17) is 5.11 Å². The smallest absolute Gasteiger partial charge is 0.115 e. The lowest BCUT2D eigenvalue weighted by Gasteiger charge is -1.95. The number of rotatable bonds is 2. The van der Waals surface area contributed by atoms with Gasteiger partial charge in [-0.15, -0.1) is 0 Å². The normalized spacial score (nSPS) is 10.6. The molecule has 1 aromatic rings. The van der Waals surface area contributed by atoms with Gasteiger partial charge in [0.05, 0.1) is 0 Å². The molecule has 0 bridgehead atoms. The molecule has 1 aromatic carbocycles. The Balaban J connectivity index is 2.66. The topological polar surface area (TPSA) is 20.2 Å². The predicted molar refractivity (Wildman–Crippen MR) is 49.9 cm³/mol. The van der Waals surface area contributed by atoms with Gasteiger partial charge in [-0.2, -0.15) is 0 Å². The van der Waals surface area contributed by atoms with E-state index in [1.165, 1.54) is 5.56 Å². The lowest BCUT2D eigenvalue weighted by Crippen LogP contribution is -1.77. The Labute approximate surface area is 74.5 Å². The molecule has 58 valence electrons. The molecule has 0 heterocycles. The van der Waals surface area contributed by atoms with Crippen molar-refractivity contribution >= 4 is 15.9 Å². The molecule has 0 spiro atoms. The van der Waals surface area contributed by atoms with E-state index in [0.29, 0.717) is 5.75 Å². The summed E-state index contributed by atoms with van der Waals surface area (Å²) in [6.45, 7) is 0. The second-order valence-electron chi connectivity index (χ2n) is 2.23. The van der Waals surface area contributed by atoms with Crippen LogP contribution in [0, 0.1) is 0 Å². The molecule has 0 aliphatic rings. The number of aromatic hydroxyl groups is 1. The summed E-state index contributed by atoms with van der Waals surface area (Å²) in [7, 11) is 0. The summed E-state index contributed by atoms with van der Waals surface area (Å²) in [5.41, 5.74) is 1.19. The van der Waals surface area contributed by atoms with Crippen molar-refractivity contribution in [3.8, 4) is 5.75 Å². The second kappa shape index (κ2) is 4.19. The number of benzene rings is 1. The molecular formula is C9H9BrO. The minimum absolute atomic E-state index is 0.316. The van der Waals surface area contributed by atoms with E-state index >= 15 is 0 Å². The van der Waals surface area contributed by atoms with Gasteiger partial charge >= 0.3 is 0 Å². The van der Waals surface area contributed by atoms with Crippen LogP contribution in [-0.4, -0.2) is 5.11 Å². The summed E-state index contributed by atoms with van der Waals surface area (Å²) in [5, 5.41) is 8.95. The number of hydrogen-bond acceptors (Lipinski definition) is 1. The maximum atomic E-state index is 8.95. The number of phenols is 1. The van der Waals surface area contributed by atoms with E-state index in [1.807, 2.05) is 23.2 Å². The number of allylic oxidation sites excluding steroid dienone is 1. The number of phenolic OH excluding ortho intramolecular Hbond substituents is 1. The van der Waals surface area contributed by atoms with E-state index in [9.17, 15) is 0 Å². The molecule has 11 heavy (non-hydrogen) atoms. The van der Waals surface area contributed by atoms with Crippen LogP contribution in [0.25, 0.3) is 0 Å². The summed E-state index contributed by atoms with van der Waals surface area (Å²) in [6.07, 6.45) is 2.90. The highest BCUT2D eigenvalue weighted by atomic mass is 79.9. The van der Waals surface area contributed by atoms with Crippen LogP contribution in [0.3, 0.4) is 0 Å². The van der Waals surface area contributed by atoms with Gasteiger partial charge in [0.1, 0.15) is 5.75 Å². The number of halogens is 1. The highest BCUT2D eigenvalue weighted by molar-refractivity contribution is 9.11. The molecule has 0 aliphatic carbocycles. The third kappa shape index (κ3) is 2.76. The fourth-order valence-corrected chi connectivity index (χ4v) is 1.000. The first kappa shape index (κ1) is 8.34. The van der Waals surface area contributed by atoms with Crippen molar-refractivity contribution in [2.24, 2.45) is 0 Å². The SMILES string of the molecule is Oc1ccc(C/C=C/Br)cc1. The average molecular weight is 213 g/mol. The first-order valence-electron chi connectivity index (χ1n) is 3.36. The van der Waals surface area contributed by atoms with Crippen LogP contribution in [0.1, 0.15) is 5.56 Å². The summed E-state index contributed by atoms with van der Waals surface area (Å²) in [6, 6.07) is 7.19. The minimum Gasteiger partial charge on any atom is -0.508 e. The van der Waals surface area contributed by atoms with Gasteiger partial charge in [-0.05, 0) is 29.1 Å². The van der Waals surface area contributed by atoms with Crippen LogP contribution in [0.2, 0.25) is 0 Å². The van der Waals surface area contributed by atoms with Gasteiger partial charge < -0.3 is 5.11 Å². The molecule has 0 amide bonds. The summed E-state index contributed by atoms with van der Waals surface area (Å²) in [5.74, 6) is 0.316. The van der Waals surface area contributed by atoms with Crippen LogP contribution in [0.4, 0.5) is 0 Å². The van der Waals surface area contributed by atoms with Crippen molar-refractivity contribution in [3.63, 3.8) is 0 Å². The average Bonchev–Trinajstić information content (AvgIpc) is 2.04. The first-order chi connectivity index (χ1) is 5.33. The van der Waals surface area contributed by atoms with Crippen LogP contribution in [0.5, 0.6) is 5.75 Å². The molecule has 0 atom stereocenters. The highest BCUT2D eigenvalue weighted by Crippen LogP contribution is 2.10. The Kier molecular flexibility index (Phi) is 3.17. The van der Waals surface area contributed by atoms with Crippen molar-refractivity contribution in [3.05, 3.63) is 40.9 Å². The third-order valence-corrected chi connectivity index (χ3v) is 1.75. The standard InChI is InChI=1S/C9H9BrO/c10-7-1-2-8-3-5-9(11)6-4-8/h1,3-7,11H,2H2/b7-1+. The maximum Gasteiger partial charge on any atom is 0.115 e. The van der Waals surface area contributed by atoms with E-state index in [0.717, 1.165) is 6.42 Å². The van der Waals surface area contributed by atoms with Gasteiger partial charge in [0.2, 0.25) is 0 Å². The fourth-order valence-electron chi connectivity index (χ4n) is 0.813. The Morgan fingerprint density at radius 2 is 1.91 bits per heavy atom. The molecule has 0 radical (unpaired) electrons. The van der Waals surface area contributed by atoms with Crippen molar-refractivity contribution in [2.75, 3.05) is 0 Å². The molecule has 0 saturated carbocycles. The largest absolute Gasteiger partial charge is 0.508 e. The van der Waals surface area contributed by atoms with Crippen LogP contribution >= 0.6 is 15.9 Å². The fraction of sp³-hybridized carbons (Fsp3) is 0.111. The van der Waals surface area contributed by atoms with Crippen LogP contribution < -0.4 is 0 Å². The van der Waals surface area contributed by atoms with Crippen LogP contribution in [-0.2, 0) is 6.42 Å². The van der Waals surface area contributed by atoms with E-state index in [2.05, 4.69) is 15.9 Å². The predicted octanol–water partition coefficient (Wildman–Crippen LogP) is 2.84. The zero-order valence-electron chi connectivity index (χ0n) is 6.00. The zero-order valence-corrected chi connectivity index (χ0v) is 7.58. The molecule has 0 unspecified atom stereocenters. The molecule has 0 saturated heterocycles. The molecule has 0 aliphatic heterocycles. The Bertz CT molecular complexity index is 238. The van der Waals surface area contributed by atoms with Gasteiger partial charge in [0.25, 0.3) is 0 Å². The van der Waals surface area contributed by atoms with E-state index < -0.39 is 0 Å². The van der Waals surface area contributed by atoms with Crippen molar-refractivity contribution < 1.29 is 5.11 Å². The third-order valence-electron chi connectivity index (χ3n) is 1.38. The van der Waals surface area contributed by atoms with Crippen molar-refractivity contribution in [1.29, 1.82) is 0 Å². The molecular weight excluding hydrogens is 204 g/mol. The molecule has 1 N–H and O–H groups in total. The summed E-state index contributed by atoms with van der Waals surface area (Å²) >= 11 is 3.19. The van der Waals surface area contributed by atoms with Gasteiger partial charge in [-0.3, -0.25) is 0 Å². The van der Waals surface area contributed by atoms with E-state index in [1.54, 1.807) is 12.1 Å². The molecule has 2 heteroatoms. The Morgan fingerprint density at radius 1 is 1.27 bits per heavy atom. The minimum atomic E-state index is 0.316. The van der Waals surface area contributed by atoms with E-state index in [-0.39, 0.29) is 0 Å². The lowest BCUT2D eigenvalue weighted by molar-refractivity contribution is 0.475. The van der Waals surface area contributed by atoms with Crippen molar-refractivity contribution in [2.45, 2.75) is 6.42 Å². The highest BCUT2D eigenvalue weighted by Gasteiger charge is 1.88. The van der Waals surface area contributed by atoms with Gasteiger partial charge in [-0.25, -0.2) is 0 Å². The van der Waals surface area contributed by atoms with Crippen LogP contribution in [0.15, 0.2) is 35.3 Å². The van der Waals surface area contributed by atoms with Gasteiger partial charge in [-0.1, -0.05) is 34.1 Å². The summed E-state index contributed by atoms with van der Waals surface area (Å²) < 4.78 is 0. The monoisotopic (exact) mass is 212 g/mol. The Hall–Kier alpha value is -0.760. The molecule has 1 rings (SSSR count). The maximum absolute atomic E-state index is 8.95. The van der Waals surface area contributed by atoms with Gasteiger partial charge in [0.15, 0.2) is 0 Å². The van der Waals surface area contributed by atoms with Gasteiger partial charge in [0, 0.05) is 0 Å². The first-order valence-corrected chi connectivity index (χ1v) is 4.27. The lowest BCUT2D eigenvalue weighted by atomic mass is 10.1. The second-order valence-corrected chi connectivity index (χ2v) is 2.76. The number of hydrogen-bond donors (Lipinski definition) is 1. The molecule has 0 aromatic heterocycles. The summed E-state index contributed by atoms with van der Waals surface area (Å²) in [4.78, 5) is 1.83. The molecule has 1 nitrogen and oxygen atoms in total. The zero-order chi connectivity index (χ0) is 8.10. The van der Waals surface area contributed by atoms with Crippen molar-refractivity contribution in [1.82, 2.24) is 0 Å². The molecule has 0 fully saturated rings. The quantitative estimate of drug-likeness (QED) is 0.800.